The summed E-state index contributed by atoms with van der Waals surface area (Å²) in [5.74, 6) is 0. The van der Waals surface area contributed by atoms with Crippen molar-refractivity contribution < 1.29 is 4.74 Å². The molecular formula is C15H21N3OS. The van der Waals surface area contributed by atoms with Crippen LogP contribution in [0.5, 0.6) is 0 Å². The molecule has 0 N–H and O–H groups in total. The van der Waals surface area contributed by atoms with E-state index in [1.807, 2.05) is 22.2 Å². The number of thiophene rings is 1. The minimum absolute atomic E-state index is 0.256. The lowest BCUT2D eigenvalue weighted by molar-refractivity contribution is -0.0370. The van der Waals surface area contributed by atoms with Gasteiger partial charge in [-0.15, -0.1) is 11.3 Å². The van der Waals surface area contributed by atoms with E-state index in [9.17, 15) is 0 Å². The van der Waals surface area contributed by atoms with E-state index in [0.29, 0.717) is 0 Å². The van der Waals surface area contributed by atoms with Gasteiger partial charge in [0.2, 0.25) is 0 Å². The van der Waals surface area contributed by atoms with E-state index in [2.05, 4.69) is 40.6 Å². The van der Waals surface area contributed by atoms with Crippen LogP contribution in [0.4, 0.5) is 0 Å². The van der Waals surface area contributed by atoms with Crippen LogP contribution in [0.2, 0.25) is 0 Å². The van der Waals surface area contributed by atoms with Gasteiger partial charge < -0.3 is 4.74 Å². The highest BCUT2D eigenvalue weighted by atomic mass is 32.1. The molecule has 4 nitrogen and oxygen atoms in total. The van der Waals surface area contributed by atoms with Crippen molar-refractivity contribution in [3.63, 3.8) is 0 Å². The van der Waals surface area contributed by atoms with Crippen LogP contribution in [0.1, 0.15) is 10.4 Å². The summed E-state index contributed by atoms with van der Waals surface area (Å²) in [7, 11) is 0. The Labute approximate surface area is 124 Å². The first-order valence-corrected chi connectivity index (χ1v) is 8.03. The molecule has 108 valence electrons. The summed E-state index contributed by atoms with van der Waals surface area (Å²) in [6.07, 6.45) is 5.38. The second-order valence-electron chi connectivity index (χ2n) is 5.36. The van der Waals surface area contributed by atoms with Crippen LogP contribution < -0.4 is 0 Å². The topological polar surface area (TPSA) is 30.3 Å². The van der Waals surface area contributed by atoms with Crippen LogP contribution in [0.3, 0.4) is 0 Å². The molecule has 0 spiro atoms. The Bertz CT molecular complexity index is 523. The lowest BCUT2D eigenvalue weighted by atomic mass is 10.2. The zero-order valence-electron chi connectivity index (χ0n) is 11.9. The highest BCUT2D eigenvalue weighted by Gasteiger charge is 2.20. The molecule has 2 aromatic rings. The third kappa shape index (κ3) is 3.69. The van der Waals surface area contributed by atoms with Gasteiger partial charge in [-0.25, -0.2) is 0 Å². The smallest absolute Gasteiger partial charge is 0.0898 e. The molecular weight excluding hydrogens is 270 g/mol. The first-order valence-electron chi connectivity index (χ1n) is 7.15. The minimum Gasteiger partial charge on any atom is -0.374 e. The summed E-state index contributed by atoms with van der Waals surface area (Å²) in [5, 5.41) is 6.49. The van der Waals surface area contributed by atoms with Crippen molar-refractivity contribution in [2.24, 2.45) is 0 Å². The van der Waals surface area contributed by atoms with Gasteiger partial charge >= 0.3 is 0 Å². The third-order valence-corrected chi connectivity index (χ3v) is 4.57. The van der Waals surface area contributed by atoms with Gasteiger partial charge in [0.25, 0.3) is 0 Å². The number of hydrogen-bond donors (Lipinski definition) is 0. The van der Waals surface area contributed by atoms with E-state index < -0.39 is 0 Å². The van der Waals surface area contributed by atoms with Crippen LogP contribution in [-0.2, 0) is 17.7 Å². The summed E-state index contributed by atoms with van der Waals surface area (Å²) in [4.78, 5) is 3.97. The average Bonchev–Trinajstić information content (AvgIpc) is 3.09. The quantitative estimate of drug-likeness (QED) is 0.846. The highest BCUT2D eigenvalue weighted by molar-refractivity contribution is 7.09. The zero-order valence-corrected chi connectivity index (χ0v) is 12.7. The number of rotatable bonds is 5. The van der Waals surface area contributed by atoms with Gasteiger partial charge in [-0.05, 0) is 30.4 Å². The second-order valence-corrected chi connectivity index (χ2v) is 6.39. The van der Waals surface area contributed by atoms with Gasteiger partial charge in [-0.2, -0.15) is 5.10 Å². The minimum atomic E-state index is 0.256. The van der Waals surface area contributed by atoms with Crippen molar-refractivity contribution >= 4 is 11.3 Å². The van der Waals surface area contributed by atoms with E-state index >= 15 is 0 Å². The Morgan fingerprint density at radius 2 is 2.45 bits per heavy atom. The van der Waals surface area contributed by atoms with Crippen LogP contribution >= 0.6 is 11.3 Å². The number of morpholine rings is 1. The molecule has 0 unspecified atom stereocenters. The number of aromatic nitrogens is 2. The van der Waals surface area contributed by atoms with Crippen molar-refractivity contribution in [3.05, 3.63) is 40.3 Å². The van der Waals surface area contributed by atoms with Gasteiger partial charge in [0, 0.05) is 30.7 Å². The summed E-state index contributed by atoms with van der Waals surface area (Å²) >= 11 is 1.85. The molecule has 1 saturated heterocycles. The van der Waals surface area contributed by atoms with Crippen LogP contribution in [-0.4, -0.2) is 47.0 Å². The Kier molecular flexibility index (Phi) is 4.50. The average molecular weight is 291 g/mol. The molecule has 5 heteroatoms. The number of ether oxygens (including phenoxy) is 1. The van der Waals surface area contributed by atoms with Gasteiger partial charge in [-0.3, -0.25) is 9.58 Å². The molecule has 0 radical (unpaired) electrons. The van der Waals surface area contributed by atoms with E-state index in [1.54, 1.807) is 0 Å². The molecule has 1 aliphatic heterocycles. The Hall–Kier alpha value is -1.17. The predicted molar refractivity (Wildman–Crippen MR) is 81.2 cm³/mol. The molecule has 0 aromatic carbocycles. The lowest BCUT2D eigenvalue weighted by Crippen LogP contribution is -2.44. The lowest BCUT2D eigenvalue weighted by Gasteiger charge is -2.32. The van der Waals surface area contributed by atoms with Crippen LogP contribution in [0, 0.1) is 6.92 Å². The molecule has 1 atom stereocenters. The van der Waals surface area contributed by atoms with E-state index in [-0.39, 0.29) is 6.10 Å². The molecule has 20 heavy (non-hydrogen) atoms. The standard InChI is InChI=1S/C15H21N3OS/c1-13-9-16-18(10-13)12-14-11-17(6-7-19-14)5-4-15-3-2-8-20-15/h2-3,8-10,14H,4-7,11-12H2,1H3/t14-/m0/s1. The van der Waals surface area contributed by atoms with Crippen molar-refractivity contribution in [2.75, 3.05) is 26.2 Å². The zero-order chi connectivity index (χ0) is 13.8. The van der Waals surface area contributed by atoms with Crippen molar-refractivity contribution in [1.29, 1.82) is 0 Å². The van der Waals surface area contributed by atoms with E-state index in [0.717, 1.165) is 39.2 Å². The molecule has 0 amide bonds. The number of aryl methyl sites for hydroxylation is 1. The summed E-state index contributed by atoms with van der Waals surface area (Å²) < 4.78 is 7.85. The highest BCUT2D eigenvalue weighted by Crippen LogP contribution is 2.12. The predicted octanol–water partition coefficient (Wildman–Crippen LogP) is 2.20. The Morgan fingerprint density at radius 3 is 3.20 bits per heavy atom. The van der Waals surface area contributed by atoms with Gasteiger partial charge in [0.05, 0.1) is 25.5 Å². The van der Waals surface area contributed by atoms with Crippen LogP contribution in [0.25, 0.3) is 0 Å². The van der Waals surface area contributed by atoms with Gasteiger partial charge in [0.15, 0.2) is 0 Å². The molecule has 0 aliphatic carbocycles. The van der Waals surface area contributed by atoms with E-state index in [4.69, 9.17) is 4.74 Å². The largest absolute Gasteiger partial charge is 0.374 e. The molecule has 1 aliphatic rings. The Morgan fingerprint density at radius 1 is 1.50 bits per heavy atom. The van der Waals surface area contributed by atoms with Gasteiger partial charge in [0.1, 0.15) is 0 Å². The number of hydrogen-bond acceptors (Lipinski definition) is 4. The monoisotopic (exact) mass is 291 g/mol. The second kappa shape index (κ2) is 6.52. The molecule has 0 bridgehead atoms. The van der Waals surface area contributed by atoms with Gasteiger partial charge in [-0.1, -0.05) is 6.07 Å². The summed E-state index contributed by atoms with van der Waals surface area (Å²) in [6.45, 7) is 6.92. The molecule has 3 rings (SSSR count). The maximum Gasteiger partial charge on any atom is 0.0898 e. The maximum atomic E-state index is 5.86. The fourth-order valence-corrected chi connectivity index (χ4v) is 3.29. The third-order valence-electron chi connectivity index (χ3n) is 3.63. The molecule has 0 saturated carbocycles. The number of nitrogens with zero attached hydrogens (tertiary/aromatic N) is 3. The summed E-state index contributed by atoms with van der Waals surface area (Å²) in [6, 6.07) is 4.34. The first-order chi connectivity index (χ1) is 9.79. The fourth-order valence-electron chi connectivity index (χ4n) is 2.59. The SMILES string of the molecule is Cc1cnn(C[C@@H]2CN(CCc3cccs3)CCO2)c1. The van der Waals surface area contributed by atoms with Crippen LogP contribution in [0.15, 0.2) is 29.9 Å². The maximum absolute atomic E-state index is 5.86. The molecule has 1 fully saturated rings. The molecule has 3 heterocycles. The first kappa shape index (κ1) is 13.8. The van der Waals surface area contributed by atoms with Crippen molar-refractivity contribution in [2.45, 2.75) is 26.0 Å². The summed E-state index contributed by atoms with van der Waals surface area (Å²) in [5.41, 5.74) is 1.20. The van der Waals surface area contributed by atoms with Crippen molar-refractivity contribution in [3.8, 4) is 0 Å². The molecule has 2 aromatic heterocycles. The Balaban J connectivity index is 1.48. The normalized spacial score (nSPS) is 20.4. The fraction of sp³-hybridized carbons (Fsp3) is 0.533. The van der Waals surface area contributed by atoms with Crippen molar-refractivity contribution in [1.82, 2.24) is 14.7 Å². The van der Waals surface area contributed by atoms with E-state index in [1.165, 1.54) is 10.4 Å².